The monoisotopic (exact) mass is 639 g/mol. The molecule has 0 fully saturated rings. The number of esters is 3. The predicted octanol–water partition coefficient (Wildman–Crippen LogP) is 11.7. The Bertz CT molecular complexity index is 664. The molecule has 1 atom stereocenters. The van der Waals surface area contributed by atoms with Gasteiger partial charge in [0.25, 0.3) is 0 Å². The van der Waals surface area contributed by atoms with Gasteiger partial charge in [0.05, 0.1) is 0 Å². The largest absolute Gasteiger partial charge is 0.462 e. The van der Waals surface area contributed by atoms with Gasteiger partial charge in [0, 0.05) is 19.3 Å². The quantitative estimate of drug-likeness (QED) is 0.0390. The molecule has 0 aromatic carbocycles. The van der Waals surface area contributed by atoms with E-state index in [0.29, 0.717) is 19.3 Å². The van der Waals surface area contributed by atoms with Crippen molar-refractivity contribution in [1.29, 1.82) is 0 Å². The Morgan fingerprint density at radius 2 is 0.600 bits per heavy atom. The molecule has 0 aliphatic rings. The summed E-state index contributed by atoms with van der Waals surface area (Å²) in [5.74, 6) is -0.878. The highest BCUT2D eigenvalue weighted by atomic mass is 16.6. The molecule has 0 rings (SSSR count). The summed E-state index contributed by atoms with van der Waals surface area (Å²) in [5, 5.41) is 0. The first-order valence-electron chi connectivity index (χ1n) is 19.5. The van der Waals surface area contributed by atoms with Crippen LogP contribution in [0.3, 0.4) is 0 Å². The lowest BCUT2D eigenvalue weighted by atomic mass is 10.0. The van der Waals surface area contributed by atoms with Gasteiger partial charge in [-0.15, -0.1) is 0 Å². The lowest BCUT2D eigenvalue weighted by Gasteiger charge is -2.18. The van der Waals surface area contributed by atoms with Gasteiger partial charge in [-0.25, -0.2) is 0 Å². The summed E-state index contributed by atoms with van der Waals surface area (Å²) in [6.45, 7) is 6.53. The van der Waals surface area contributed by atoms with E-state index in [1.807, 2.05) is 0 Å². The summed E-state index contributed by atoms with van der Waals surface area (Å²) in [5.41, 5.74) is 0. The average molecular weight is 639 g/mol. The molecular formula is C39H74O6. The molecular weight excluding hydrogens is 564 g/mol. The molecule has 6 heteroatoms. The van der Waals surface area contributed by atoms with Crippen LogP contribution < -0.4 is 0 Å². The topological polar surface area (TPSA) is 78.9 Å². The summed E-state index contributed by atoms with van der Waals surface area (Å²) in [6, 6.07) is 0. The van der Waals surface area contributed by atoms with Gasteiger partial charge in [0.1, 0.15) is 13.2 Å². The van der Waals surface area contributed by atoms with Gasteiger partial charge in [-0.1, -0.05) is 175 Å². The van der Waals surface area contributed by atoms with Crippen LogP contribution in [0.15, 0.2) is 0 Å². The molecule has 0 spiro atoms. The summed E-state index contributed by atoms with van der Waals surface area (Å²) in [4.78, 5) is 37.2. The van der Waals surface area contributed by atoms with E-state index in [1.54, 1.807) is 0 Å². The van der Waals surface area contributed by atoms with Gasteiger partial charge in [0.15, 0.2) is 6.10 Å². The predicted molar refractivity (Wildman–Crippen MR) is 187 cm³/mol. The third-order valence-electron chi connectivity index (χ3n) is 8.61. The smallest absolute Gasteiger partial charge is 0.306 e. The van der Waals surface area contributed by atoms with E-state index in [-0.39, 0.29) is 31.1 Å². The number of unbranched alkanes of at least 4 members (excludes halogenated alkanes) is 24. The lowest BCUT2D eigenvalue weighted by Crippen LogP contribution is -2.30. The minimum absolute atomic E-state index is 0.0653. The third kappa shape index (κ3) is 33.6. The molecule has 0 N–H and O–H groups in total. The molecule has 0 aromatic rings. The fourth-order valence-corrected chi connectivity index (χ4v) is 5.62. The maximum Gasteiger partial charge on any atom is 0.306 e. The van der Waals surface area contributed by atoms with Crippen LogP contribution in [0.2, 0.25) is 0 Å². The second-order valence-corrected chi connectivity index (χ2v) is 13.2. The van der Waals surface area contributed by atoms with Gasteiger partial charge < -0.3 is 14.2 Å². The van der Waals surface area contributed by atoms with Crippen LogP contribution in [0.5, 0.6) is 0 Å². The van der Waals surface area contributed by atoms with Crippen molar-refractivity contribution in [1.82, 2.24) is 0 Å². The van der Waals surface area contributed by atoms with Crippen LogP contribution in [0.25, 0.3) is 0 Å². The second-order valence-electron chi connectivity index (χ2n) is 13.2. The van der Waals surface area contributed by atoms with Gasteiger partial charge >= 0.3 is 17.9 Å². The summed E-state index contributed by atoms with van der Waals surface area (Å²) >= 11 is 0. The van der Waals surface area contributed by atoms with Crippen LogP contribution in [-0.4, -0.2) is 37.2 Å². The minimum Gasteiger partial charge on any atom is -0.462 e. The molecule has 0 unspecified atom stereocenters. The first kappa shape index (κ1) is 43.4. The van der Waals surface area contributed by atoms with E-state index >= 15 is 0 Å². The number of carbonyl (C=O) groups excluding carboxylic acids is 3. The molecule has 0 aliphatic heterocycles. The van der Waals surface area contributed by atoms with E-state index < -0.39 is 6.10 Å². The number of carbonyl (C=O) groups is 3. The van der Waals surface area contributed by atoms with Gasteiger partial charge in [-0.3, -0.25) is 14.4 Å². The number of hydrogen-bond acceptors (Lipinski definition) is 6. The van der Waals surface area contributed by atoms with Crippen LogP contribution in [0.1, 0.15) is 213 Å². The van der Waals surface area contributed by atoms with Crippen LogP contribution in [-0.2, 0) is 28.6 Å². The van der Waals surface area contributed by atoms with Crippen molar-refractivity contribution in [2.24, 2.45) is 0 Å². The zero-order valence-corrected chi connectivity index (χ0v) is 30.2. The Kier molecular flexibility index (Phi) is 34.0. The molecule has 0 radical (unpaired) electrons. The SMILES string of the molecule is CCCCCCCCCCCCCCC(=O)OC[C@H](COC(=O)CCCCCCCCCCCC)OC(=O)CCCCCCC. The Morgan fingerprint density at radius 3 is 0.889 bits per heavy atom. The zero-order valence-electron chi connectivity index (χ0n) is 30.2. The second kappa shape index (κ2) is 35.3. The summed E-state index contributed by atoms with van der Waals surface area (Å²) in [6.07, 6.45) is 32.5. The van der Waals surface area contributed by atoms with Crippen molar-refractivity contribution < 1.29 is 28.6 Å². The molecule has 0 saturated carbocycles. The van der Waals surface area contributed by atoms with Crippen molar-refractivity contribution in [2.45, 2.75) is 219 Å². The number of hydrogen-bond donors (Lipinski definition) is 0. The van der Waals surface area contributed by atoms with Crippen molar-refractivity contribution in [3.63, 3.8) is 0 Å². The van der Waals surface area contributed by atoms with Gasteiger partial charge in [0.2, 0.25) is 0 Å². The summed E-state index contributed by atoms with van der Waals surface area (Å²) < 4.78 is 16.5. The number of rotatable bonds is 35. The lowest BCUT2D eigenvalue weighted by molar-refractivity contribution is -0.167. The van der Waals surface area contributed by atoms with E-state index in [2.05, 4.69) is 20.8 Å². The van der Waals surface area contributed by atoms with Crippen LogP contribution in [0.4, 0.5) is 0 Å². The average Bonchev–Trinajstić information content (AvgIpc) is 3.03. The van der Waals surface area contributed by atoms with Crippen molar-refractivity contribution >= 4 is 17.9 Å². The Balaban J connectivity index is 4.21. The van der Waals surface area contributed by atoms with E-state index in [4.69, 9.17) is 14.2 Å². The molecule has 0 amide bonds. The maximum atomic E-state index is 12.4. The van der Waals surface area contributed by atoms with Crippen LogP contribution in [0, 0.1) is 0 Å². The van der Waals surface area contributed by atoms with Crippen molar-refractivity contribution in [3.05, 3.63) is 0 Å². The molecule has 0 aliphatic carbocycles. The van der Waals surface area contributed by atoms with Crippen LogP contribution >= 0.6 is 0 Å². The molecule has 266 valence electrons. The highest BCUT2D eigenvalue weighted by Crippen LogP contribution is 2.14. The number of ether oxygens (including phenoxy) is 3. The van der Waals surface area contributed by atoms with Gasteiger partial charge in [-0.05, 0) is 19.3 Å². The highest BCUT2D eigenvalue weighted by Gasteiger charge is 2.19. The zero-order chi connectivity index (χ0) is 33.1. The Morgan fingerprint density at radius 1 is 0.356 bits per heavy atom. The fourth-order valence-electron chi connectivity index (χ4n) is 5.62. The molecule has 0 heterocycles. The first-order chi connectivity index (χ1) is 22.0. The first-order valence-corrected chi connectivity index (χ1v) is 19.5. The molecule has 45 heavy (non-hydrogen) atoms. The Labute approximate surface area is 278 Å². The molecule has 0 bridgehead atoms. The van der Waals surface area contributed by atoms with E-state index in [1.165, 1.54) is 109 Å². The third-order valence-corrected chi connectivity index (χ3v) is 8.61. The van der Waals surface area contributed by atoms with E-state index in [0.717, 1.165) is 64.2 Å². The van der Waals surface area contributed by atoms with Crippen molar-refractivity contribution in [3.8, 4) is 0 Å². The normalized spacial score (nSPS) is 11.8. The highest BCUT2D eigenvalue weighted by molar-refractivity contribution is 5.71. The molecule has 0 saturated heterocycles. The molecule has 0 aromatic heterocycles. The Hall–Kier alpha value is -1.59. The minimum atomic E-state index is -0.754. The maximum absolute atomic E-state index is 12.4. The summed E-state index contributed by atoms with van der Waals surface area (Å²) in [7, 11) is 0. The fraction of sp³-hybridized carbons (Fsp3) is 0.923. The van der Waals surface area contributed by atoms with Crippen molar-refractivity contribution in [2.75, 3.05) is 13.2 Å². The van der Waals surface area contributed by atoms with E-state index in [9.17, 15) is 14.4 Å². The van der Waals surface area contributed by atoms with Gasteiger partial charge in [-0.2, -0.15) is 0 Å². The molecule has 6 nitrogen and oxygen atoms in total. The standard InChI is InChI=1S/C39H74O6/c1-4-7-10-13-15-17-19-20-22-24-27-29-32-38(41)44-35-36(45-39(42)33-30-25-12-9-6-3)34-43-37(40)31-28-26-23-21-18-16-14-11-8-5-2/h36H,4-35H2,1-3H3/t36-/m0/s1.